The summed E-state index contributed by atoms with van der Waals surface area (Å²) in [5.41, 5.74) is -0.0679. The first-order chi connectivity index (χ1) is 14.8. The molecule has 0 bridgehead atoms. The minimum Gasteiger partial charge on any atom is -0.508 e. The van der Waals surface area contributed by atoms with Crippen molar-refractivity contribution in [2.45, 2.75) is 31.0 Å². The Morgan fingerprint density at radius 2 is 1.78 bits per heavy atom. The first kappa shape index (κ1) is 21.5. The highest BCUT2D eigenvalue weighted by atomic mass is 16.4. The van der Waals surface area contributed by atoms with Gasteiger partial charge in [-0.05, 0) is 17.5 Å². The molecule has 11 heteroatoms. The molecule has 0 aromatic heterocycles. The number of hydrogen-bond donors (Lipinski definition) is 7. The lowest BCUT2D eigenvalue weighted by Crippen LogP contribution is -2.63. The largest absolute Gasteiger partial charge is 0.508 e. The zero-order valence-electron chi connectivity index (χ0n) is 16.6. The van der Waals surface area contributed by atoms with Gasteiger partial charge in [-0.2, -0.15) is 0 Å². The summed E-state index contributed by atoms with van der Waals surface area (Å²) in [5.74, 6) is -11.6. The molecule has 1 aromatic carbocycles. The van der Waals surface area contributed by atoms with E-state index in [2.05, 4.69) is 0 Å². The first-order valence-electron chi connectivity index (χ1n) is 9.60. The van der Waals surface area contributed by atoms with Crippen LogP contribution in [0.1, 0.15) is 40.7 Å². The number of hydrogen-bond acceptors (Lipinski definition) is 9. The van der Waals surface area contributed by atoms with E-state index in [4.69, 9.17) is 5.73 Å². The number of carbonyl (C=O) groups excluding carboxylic acids is 3. The maximum atomic E-state index is 13.4. The second-order valence-electron chi connectivity index (χ2n) is 8.22. The van der Waals surface area contributed by atoms with E-state index < -0.39 is 93.3 Å². The summed E-state index contributed by atoms with van der Waals surface area (Å²) < 4.78 is 0. The molecule has 32 heavy (non-hydrogen) atoms. The minimum atomic E-state index is -2.94. The van der Waals surface area contributed by atoms with Gasteiger partial charge in [-0.25, -0.2) is 4.79 Å². The molecule has 0 heterocycles. The van der Waals surface area contributed by atoms with Crippen molar-refractivity contribution < 1.29 is 49.8 Å². The smallest absolute Gasteiger partial charge is 0.339 e. The molecule has 1 amide bonds. The molecule has 0 radical (unpaired) electrons. The second-order valence-corrected chi connectivity index (χ2v) is 8.22. The third-order valence-electron chi connectivity index (χ3n) is 6.73. The van der Waals surface area contributed by atoms with Gasteiger partial charge >= 0.3 is 5.97 Å². The summed E-state index contributed by atoms with van der Waals surface area (Å²) in [7, 11) is 0. The lowest BCUT2D eigenvalue weighted by Gasteiger charge is -2.50. The molecular weight excluding hydrogens is 426 g/mol. The van der Waals surface area contributed by atoms with Gasteiger partial charge in [0, 0.05) is 23.8 Å². The van der Waals surface area contributed by atoms with Crippen LogP contribution < -0.4 is 5.73 Å². The van der Waals surface area contributed by atoms with Crippen LogP contribution in [-0.2, 0) is 14.4 Å². The number of carboxylic acids is 1. The SMILES string of the molecule is CC1c2ccc(C(=O)O)c(O)c2C(O)=C2C(=O)C3(O)C(O)=C(C(N)=O)C(=O)CC3C(O)C21. The topological polar surface area (TPSA) is 216 Å². The lowest BCUT2D eigenvalue weighted by atomic mass is 9.55. The summed E-state index contributed by atoms with van der Waals surface area (Å²) >= 11 is 0. The van der Waals surface area contributed by atoms with E-state index in [-0.39, 0.29) is 11.1 Å². The predicted molar refractivity (Wildman–Crippen MR) is 104 cm³/mol. The molecule has 1 fully saturated rings. The number of aliphatic hydroxyl groups excluding tert-OH is 3. The van der Waals surface area contributed by atoms with Gasteiger partial charge in [0.15, 0.2) is 11.4 Å². The number of aromatic hydroxyl groups is 1. The van der Waals surface area contributed by atoms with E-state index >= 15 is 0 Å². The first-order valence-corrected chi connectivity index (χ1v) is 9.60. The summed E-state index contributed by atoms with van der Waals surface area (Å²) in [5, 5.41) is 63.3. The molecule has 0 saturated heterocycles. The number of nitrogens with two attached hydrogens (primary N) is 1. The van der Waals surface area contributed by atoms with Gasteiger partial charge in [0.1, 0.15) is 28.4 Å². The molecule has 1 saturated carbocycles. The van der Waals surface area contributed by atoms with Crippen LogP contribution in [0.15, 0.2) is 29.0 Å². The molecular formula is C21H19NO10. The Labute approximate surface area is 179 Å². The number of primary amides is 1. The summed E-state index contributed by atoms with van der Waals surface area (Å²) in [4.78, 5) is 48.8. The number of ketones is 2. The maximum Gasteiger partial charge on any atom is 0.339 e. The van der Waals surface area contributed by atoms with Crippen LogP contribution >= 0.6 is 0 Å². The van der Waals surface area contributed by atoms with Crippen LogP contribution in [-0.4, -0.2) is 65.8 Å². The molecule has 168 valence electrons. The highest BCUT2D eigenvalue weighted by molar-refractivity contribution is 6.23. The van der Waals surface area contributed by atoms with Crippen molar-refractivity contribution in [1.82, 2.24) is 0 Å². The quantitative estimate of drug-likeness (QED) is 0.294. The average Bonchev–Trinajstić information content (AvgIpc) is 2.70. The Balaban J connectivity index is 2.03. The fourth-order valence-electron chi connectivity index (χ4n) is 5.17. The molecule has 0 aliphatic heterocycles. The number of carbonyl (C=O) groups is 4. The second kappa shape index (κ2) is 6.65. The zero-order chi connectivity index (χ0) is 23.9. The van der Waals surface area contributed by atoms with E-state index in [0.717, 1.165) is 6.07 Å². The summed E-state index contributed by atoms with van der Waals surface area (Å²) in [6, 6.07) is 2.43. The van der Waals surface area contributed by atoms with Gasteiger partial charge in [0.25, 0.3) is 5.91 Å². The number of benzene rings is 1. The fraction of sp³-hybridized carbons (Fsp3) is 0.333. The Hall–Kier alpha value is -3.70. The predicted octanol–water partition coefficient (Wildman–Crippen LogP) is -0.346. The van der Waals surface area contributed by atoms with E-state index in [1.54, 1.807) is 6.92 Å². The van der Waals surface area contributed by atoms with Crippen LogP contribution in [0.5, 0.6) is 5.75 Å². The highest BCUT2D eigenvalue weighted by Gasteiger charge is 2.64. The molecule has 0 spiro atoms. The van der Waals surface area contributed by atoms with Crippen LogP contribution in [0.3, 0.4) is 0 Å². The van der Waals surface area contributed by atoms with Gasteiger partial charge in [-0.3, -0.25) is 14.4 Å². The van der Waals surface area contributed by atoms with Crippen LogP contribution in [0.4, 0.5) is 0 Å². The van der Waals surface area contributed by atoms with Crippen molar-refractivity contribution in [2.24, 2.45) is 17.6 Å². The van der Waals surface area contributed by atoms with Crippen molar-refractivity contribution in [3.63, 3.8) is 0 Å². The Kier molecular flexibility index (Phi) is 4.47. The average molecular weight is 445 g/mol. The van der Waals surface area contributed by atoms with Gasteiger partial charge in [-0.1, -0.05) is 13.0 Å². The van der Waals surface area contributed by atoms with Crippen molar-refractivity contribution in [3.8, 4) is 5.75 Å². The van der Waals surface area contributed by atoms with Crippen LogP contribution in [0.25, 0.3) is 5.76 Å². The number of aromatic carboxylic acids is 1. The maximum absolute atomic E-state index is 13.4. The molecule has 5 atom stereocenters. The van der Waals surface area contributed by atoms with E-state index in [9.17, 15) is 49.8 Å². The van der Waals surface area contributed by atoms with Crippen molar-refractivity contribution in [2.75, 3.05) is 0 Å². The molecule has 4 rings (SSSR count). The molecule has 8 N–H and O–H groups in total. The van der Waals surface area contributed by atoms with Gasteiger partial charge < -0.3 is 36.4 Å². The van der Waals surface area contributed by atoms with Gasteiger partial charge in [0.05, 0.1) is 11.7 Å². The van der Waals surface area contributed by atoms with Gasteiger partial charge in [-0.15, -0.1) is 0 Å². The number of aliphatic hydroxyl groups is 4. The lowest BCUT2D eigenvalue weighted by molar-refractivity contribution is -0.160. The van der Waals surface area contributed by atoms with E-state index in [1.807, 2.05) is 0 Å². The zero-order valence-corrected chi connectivity index (χ0v) is 16.6. The minimum absolute atomic E-state index is 0.232. The molecule has 11 nitrogen and oxygen atoms in total. The van der Waals surface area contributed by atoms with Gasteiger partial charge in [0.2, 0.25) is 5.78 Å². The molecule has 1 aromatic rings. The van der Waals surface area contributed by atoms with Crippen molar-refractivity contribution in [3.05, 3.63) is 45.7 Å². The number of Topliss-reactive ketones (excluding diaryl/α,β-unsaturated/α-hetero) is 2. The molecule has 3 aliphatic carbocycles. The number of phenols is 1. The Morgan fingerprint density at radius 1 is 1.16 bits per heavy atom. The Bertz CT molecular complexity index is 1200. The Morgan fingerprint density at radius 3 is 2.34 bits per heavy atom. The number of amides is 1. The van der Waals surface area contributed by atoms with E-state index in [0.29, 0.717) is 0 Å². The standard InChI is InChI=1S/C21H19NO10/c1-5-6-2-3-7(20(30)31)14(24)11(6)16(26)13-10(5)15(25)8-4-9(23)12(19(22)29)17(27)21(8,32)18(13)28/h2-3,5,8,10,15,24-27,32H,4H2,1H3,(H2,22,29)(H,30,31). The third kappa shape index (κ3) is 2.43. The number of carboxylic acid groups (broad SMARTS) is 1. The van der Waals surface area contributed by atoms with Crippen LogP contribution in [0.2, 0.25) is 0 Å². The van der Waals surface area contributed by atoms with Crippen LogP contribution in [0, 0.1) is 11.8 Å². The fourth-order valence-corrected chi connectivity index (χ4v) is 5.17. The van der Waals surface area contributed by atoms with E-state index in [1.165, 1.54) is 6.07 Å². The number of rotatable bonds is 2. The normalized spacial score (nSPS) is 31.7. The number of fused-ring (bicyclic) bond motifs is 3. The monoisotopic (exact) mass is 445 g/mol. The highest BCUT2D eigenvalue weighted by Crippen LogP contribution is 2.55. The summed E-state index contributed by atoms with van der Waals surface area (Å²) in [6.07, 6.45) is -2.31. The molecule has 5 unspecified atom stereocenters. The molecule has 3 aliphatic rings. The third-order valence-corrected chi connectivity index (χ3v) is 6.73. The summed E-state index contributed by atoms with van der Waals surface area (Å²) in [6.45, 7) is 1.55. The van der Waals surface area contributed by atoms with Crippen molar-refractivity contribution >= 4 is 29.2 Å². The van der Waals surface area contributed by atoms with Crippen molar-refractivity contribution in [1.29, 1.82) is 0 Å².